The fourth-order valence-electron chi connectivity index (χ4n) is 4.04. The first-order valence-electron chi connectivity index (χ1n) is 11.5. The molecule has 4 rings (SSSR count). The van der Waals surface area contributed by atoms with Gasteiger partial charge in [-0.3, -0.25) is 4.79 Å². The minimum absolute atomic E-state index is 0.130. The monoisotopic (exact) mass is 505 g/mol. The summed E-state index contributed by atoms with van der Waals surface area (Å²) in [6.45, 7) is 2.60. The van der Waals surface area contributed by atoms with E-state index in [0.29, 0.717) is 46.3 Å². The number of anilines is 1. The molecule has 0 atom stereocenters. The fraction of sp³-hybridized carbons (Fsp3) is 0.214. The van der Waals surface area contributed by atoms with Crippen LogP contribution in [0.25, 0.3) is 10.9 Å². The van der Waals surface area contributed by atoms with Crippen molar-refractivity contribution in [1.29, 1.82) is 0 Å². The molecule has 8 heteroatoms. The third-order valence-electron chi connectivity index (χ3n) is 6.08. The second-order valence-electron chi connectivity index (χ2n) is 8.45. The lowest BCUT2D eigenvalue weighted by atomic mass is 10.1. The highest BCUT2D eigenvalue weighted by molar-refractivity contribution is 6.30. The number of methoxy groups -OCH3 is 2. The molecule has 0 saturated heterocycles. The molecule has 0 aliphatic carbocycles. The van der Waals surface area contributed by atoms with Gasteiger partial charge in [-0.25, -0.2) is 4.79 Å². The molecule has 0 bridgehead atoms. The van der Waals surface area contributed by atoms with Gasteiger partial charge in [-0.1, -0.05) is 35.9 Å². The van der Waals surface area contributed by atoms with E-state index in [-0.39, 0.29) is 18.1 Å². The van der Waals surface area contributed by atoms with Crippen molar-refractivity contribution in [1.82, 2.24) is 9.88 Å². The van der Waals surface area contributed by atoms with Gasteiger partial charge in [-0.15, -0.1) is 0 Å². The van der Waals surface area contributed by atoms with Crippen LogP contribution in [-0.4, -0.2) is 36.7 Å². The molecular weight excluding hydrogens is 478 g/mol. The first-order valence-corrected chi connectivity index (χ1v) is 11.9. The van der Waals surface area contributed by atoms with Gasteiger partial charge in [-0.2, -0.15) is 0 Å². The lowest BCUT2D eigenvalue weighted by Crippen LogP contribution is -2.37. The zero-order chi connectivity index (χ0) is 25.7. The molecule has 0 radical (unpaired) electrons. The van der Waals surface area contributed by atoms with Crippen molar-refractivity contribution < 1.29 is 14.3 Å². The molecule has 0 aliphatic rings. The van der Waals surface area contributed by atoms with Gasteiger partial charge >= 0.3 is 6.03 Å². The third kappa shape index (κ3) is 5.80. The van der Waals surface area contributed by atoms with Crippen molar-refractivity contribution in [3.05, 3.63) is 98.8 Å². The summed E-state index contributed by atoms with van der Waals surface area (Å²) in [6.07, 6.45) is 0.650. The number of hydrogen-bond acceptors (Lipinski definition) is 4. The summed E-state index contributed by atoms with van der Waals surface area (Å²) < 4.78 is 10.7. The van der Waals surface area contributed by atoms with Gasteiger partial charge in [0.15, 0.2) is 11.5 Å². The zero-order valence-corrected chi connectivity index (χ0v) is 21.2. The Morgan fingerprint density at radius 1 is 0.972 bits per heavy atom. The van der Waals surface area contributed by atoms with Gasteiger partial charge < -0.3 is 24.7 Å². The number of aromatic amines is 1. The number of carbonyl (C=O) groups excluding carboxylic acids is 1. The minimum Gasteiger partial charge on any atom is -0.493 e. The van der Waals surface area contributed by atoms with Crippen molar-refractivity contribution in [3.8, 4) is 11.5 Å². The van der Waals surface area contributed by atoms with E-state index in [9.17, 15) is 9.59 Å². The summed E-state index contributed by atoms with van der Waals surface area (Å²) in [4.78, 5) is 30.8. The summed E-state index contributed by atoms with van der Waals surface area (Å²) >= 11 is 5.98. The Balaban J connectivity index is 1.64. The lowest BCUT2D eigenvalue weighted by molar-refractivity contribution is 0.209. The van der Waals surface area contributed by atoms with Crippen LogP contribution in [0.3, 0.4) is 0 Å². The van der Waals surface area contributed by atoms with Gasteiger partial charge in [0.2, 0.25) is 0 Å². The molecule has 1 heterocycles. The average molecular weight is 506 g/mol. The van der Waals surface area contributed by atoms with E-state index in [1.54, 1.807) is 61.6 Å². The van der Waals surface area contributed by atoms with Crippen molar-refractivity contribution in [2.45, 2.75) is 19.9 Å². The highest BCUT2D eigenvalue weighted by atomic mass is 35.5. The van der Waals surface area contributed by atoms with Gasteiger partial charge in [0.1, 0.15) is 0 Å². The summed E-state index contributed by atoms with van der Waals surface area (Å²) in [5.41, 5.74) is 3.74. The van der Waals surface area contributed by atoms with Crippen LogP contribution in [0.5, 0.6) is 11.5 Å². The predicted octanol–water partition coefficient (Wildman–Crippen LogP) is 5.78. The highest BCUT2D eigenvalue weighted by Gasteiger charge is 2.18. The molecule has 7 nitrogen and oxygen atoms in total. The second kappa shape index (κ2) is 11.2. The maximum absolute atomic E-state index is 13.3. The number of hydrogen-bond donors (Lipinski definition) is 2. The van der Waals surface area contributed by atoms with Crippen LogP contribution in [0, 0.1) is 6.92 Å². The molecule has 3 aromatic carbocycles. The van der Waals surface area contributed by atoms with Crippen LogP contribution in [-0.2, 0) is 13.0 Å². The van der Waals surface area contributed by atoms with E-state index < -0.39 is 0 Å². The molecule has 36 heavy (non-hydrogen) atoms. The van der Waals surface area contributed by atoms with Crippen LogP contribution in [0.15, 0.2) is 71.5 Å². The molecular formula is C28H28ClN3O4. The van der Waals surface area contributed by atoms with Gasteiger partial charge in [0.05, 0.1) is 26.3 Å². The van der Waals surface area contributed by atoms with Gasteiger partial charge in [-0.05, 0) is 60.9 Å². The Morgan fingerprint density at radius 3 is 2.36 bits per heavy atom. The minimum atomic E-state index is -0.308. The third-order valence-corrected chi connectivity index (χ3v) is 6.33. The Labute approximate surface area is 214 Å². The predicted molar refractivity (Wildman–Crippen MR) is 143 cm³/mol. The Morgan fingerprint density at radius 2 is 1.67 bits per heavy atom. The van der Waals surface area contributed by atoms with Gasteiger partial charge in [0, 0.05) is 34.3 Å². The number of pyridine rings is 1. The number of H-pyrrole nitrogens is 1. The first-order chi connectivity index (χ1) is 17.4. The number of amides is 2. The molecule has 0 saturated carbocycles. The topological polar surface area (TPSA) is 83.7 Å². The first kappa shape index (κ1) is 25.1. The number of ether oxygens (including phenoxy) is 2. The molecule has 2 N–H and O–H groups in total. The van der Waals surface area contributed by atoms with E-state index in [1.165, 1.54) is 0 Å². The van der Waals surface area contributed by atoms with E-state index in [1.807, 2.05) is 31.2 Å². The van der Waals surface area contributed by atoms with Crippen molar-refractivity contribution >= 4 is 34.2 Å². The maximum Gasteiger partial charge on any atom is 0.322 e. The van der Waals surface area contributed by atoms with E-state index >= 15 is 0 Å². The summed E-state index contributed by atoms with van der Waals surface area (Å²) in [7, 11) is 3.10. The number of fused-ring (bicyclic) bond motifs is 1. The summed E-state index contributed by atoms with van der Waals surface area (Å²) in [5, 5.41) is 4.27. The number of rotatable bonds is 8. The standard InChI is InChI=1S/C28H28ClN3O4/c1-18-6-4-5-7-19(18)12-13-32(28(34)30-23-10-8-22(29)9-11-23)17-21-14-20-15-25(35-2)26(36-3)16-24(20)31-27(21)33/h4-11,14-16H,12-13,17H2,1-3H3,(H,30,34)(H,31,33). The molecule has 1 aromatic heterocycles. The Bertz CT molecular complexity index is 1430. The van der Waals surface area contributed by atoms with E-state index in [0.717, 1.165) is 16.5 Å². The van der Waals surface area contributed by atoms with E-state index in [2.05, 4.69) is 10.3 Å². The molecule has 0 aliphatic heterocycles. The summed E-state index contributed by atoms with van der Waals surface area (Å²) in [6, 6.07) is 20.0. The van der Waals surface area contributed by atoms with Crippen LogP contribution in [0.4, 0.5) is 10.5 Å². The number of benzene rings is 3. The fourth-order valence-corrected chi connectivity index (χ4v) is 4.16. The Hall–Kier alpha value is -3.97. The van der Waals surface area contributed by atoms with E-state index in [4.69, 9.17) is 21.1 Å². The van der Waals surface area contributed by atoms with Crippen LogP contribution >= 0.6 is 11.6 Å². The largest absolute Gasteiger partial charge is 0.493 e. The SMILES string of the molecule is COc1cc2cc(CN(CCc3ccccc3C)C(=O)Nc3ccc(Cl)cc3)c(=O)[nH]c2cc1OC. The molecule has 0 spiro atoms. The average Bonchev–Trinajstić information content (AvgIpc) is 2.88. The van der Waals surface area contributed by atoms with Gasteiger partial charge in [0.25, 0.3) is 5.56 Å². The number of urea groups is 1. The molecule has 186 valence electrons. The summed E-state index contributed by atoms with van der Waals surface area (Å²) in [5.74, 6) is 1.08. The smallest absolute Gasteiger partial charge is 0.322 e. The quantitative estimate of drug-likeness (QED) is 0.318. The molecule has 0 unspecified atom stereocenters. The maximum atomic E-state index is 13.3. The van der Waals surface area contributed by atoms with Crippen LogP contribution < -0.4 is 20.3 Å². The number of nitrogens with zero attached hydrogens (tertiary/aromatic N) is 1. The van der Waals surface area contributed by atoms with Crippen molar-refractivity contribution in [2.24, 2.45) is 0 Å². The van der Waals surface area contributed by atoms with Crippen LogP contribution in [0.1, 0.15) is 16.7 Å². The zero-order valence-electron chi connectivity index (χ0n) is 20.4. The number of nitrogens with one attached hydrogen (secondary N) is 2. The van der Waals surface area contributed by atoms with Crippen molar-refractivity contribution in [2.75, 3.05) is 26.1 Å². The number of aryl methyl sites for hydroxylation is 1. The second-order valence-corrected chi connectivity index (χ2v) is 8.89. The molecule has 0 fully saturated rings. The molecule has 2 amide bonds. The highest BCUT2D eigenvalue weighted by Crippen LogP contribution is 2.31. The van der Waals surface area contributed by atoms with Crippen LogP contribution in [0.2, 0.25) is 5.02 Å². The van der Waals surface area contributed by atoms with Crippen molar-refractivity contribution in [3.63, 3.8) is 0 Å². The normalized spacial score (nSPS) is 10.8. The lowest BCUT2D eigenvalue weighted by Gasteiger charge is -2.24. The molecule has 4 aromatic rings. The number of carbonyl (C=O) groups is 1. The number of aromatic nitrogens is 1. The number of halogens is 1. The Kier molecular flexibility index (Phi) is 7.80.